The summed E-state index contributed by atoms with van der Waals surface area (Å²) >= 11 is 0. The largest absolute Gasteiger partial charge is 0.113 e. The maximum absolute atomic E-state index is 5.74. The van der Waals surface area contributed by atoms with Gasteiger partial charge in [0.1, 0.15) is 7.85 Å². The summed E-state index contributed by atoms with van der Waals surface area (Å²) in [6, 6.07) is 31.8. The van der Waals surface area contributed by atoms with Gasteiger partial charge in [-0.05, 0) is 78.7 Å². The fourth-order valence-electron chi connectivity index (χ4n) is 3.24. The zero-order valence-electron chi connectivity index (χ0n) is 18.5. The molecule has 0 saturated heterocycles. The summed E-state index contributed by atoms with van der Waals surface area (Å²) in [6.07, 6.45) is 0.899. The molecule has 152 valence electrons. The van der Waals surface area contributed by atoms with E-state index in [0.717, 1.165) is 45.3 Å². The number of hydrogen-bond donors (Lipinski definition) is 0. The summed E-state index contributed by atoms with van der Waals surface area (Å²) in [5, 5.41) is 0. The molecule has 0 bridgehead atoms. The summed E-state index contributed by atoms with van der Waals surface area (Å²) in [4.78, 5) is 0. The highest BCUT2D eigenvalue weighted by Gasteiger charge is 1.99. The minimum atomic E-state index is 0.743. The molecule has 0 fully saturated rings. The highest BCUT2D eigenvalue weighted by atomic mass is 14.0. The molecule has 0 nitrogen and oxygen atoms in total. The normalized spacial score (nSPS) is 9.48. The van der Waals surface area contributed by atoms with E-state index in [2.05, 4.69) is 54.6 Å². The van der Waals surface area contributed by atoms with Crippen molar-refractivity contribution in [3.05, 3.63) is 136 Å². The van der Waals surface area contributed by atoms with Gasteiger partial charge >= 0.3 is 0 Å². The topological polar surface area (TPSA) is 0 Å². The maximum Gasteiger partial charge on any atom is 0.113 e. The number of hydrogen-bond acceptors (Lipinski definition) is 0. The third-order valence-corrected chi connectivity index (χ3v) is 5.10. The van der Waals surface area contributed by atoms with Gasteiger partial charge in [-0.2, -0.15) is 0 Å². The monoisotopic (exact) mass is 416 g/mol. The molecule has 4 aromatic carbocycles. The Balaban J connectivity index is 1.48. The Morgan fingerprint density at radius 2 is 0.970 bits per heavy atom. The van der Waals surface area contributed by atoms with Crippen molar-refractivity contribution in [1.29, 1.82) is 0 Å². The predicted molar refractivity (Wildman–Crippen MR) is 138 cm³/mol. The minimum absolute atomic E-state index is 0.743. The van der Waals surface area contributed by atoms with Crippen LogP contribution in [0.15, 0.2) is 97.1 Å². The van der Waals surface area contributed by atoms with Crippen LogP contribution in [0.25, 0.3) is 0 Å². The van der Waals surface area contributed by atoms with Gasteiger partial charge in [0.25, 0.3) is 0 Å². The van der Waals surface area contributed by atoms with Crippen molar-refractivity contribution in [3.63, 3.8) is 0 Å². The first-order chi connectivity index (χ1) is 16.2. The van der Waals surface area contributed by atoms with Gasteiger partial charge in [0, 0.05) is 33.4 Å². The Kier molecular flexibility index (Phi) is 7.13. The molecule has 4 rings (SSSR count). The number of benzene rings is 4. The summed E-state index contributed by atoms with van der Waals surface area (Å²) < 4.78 is 0. The standard InChI is InChI=1S/C32H21B/c1-2-30-24-29(17-21-31(30)20-16-28-18-22-32(33)23-19-28)15-14-27-12-10-26(11-13-27)9-8-25-6-4-3-5-7-25/h3-7,10-13,17-19,21-24H,2H2,1H3. The molecule has 0 saturated carbocycles. The first-order valence-electron chi connectivity index (χ1n) is 10.9. The Morgan fingerprint density at radius 3 is 1.55 bits per heavy atom. The van der Waals surface area contributed by atoms with E-state index >= 15 is 0 Å². The van der Waals surface area contributed by atoms with Gasteiger partial charge in [-0.25, -0.2) is 0 Å². The van der Waals surface area contributed by atoms with Crippen LogP contribution in [0.2, 0.25) is 0 Å². The van der Waals surface area contributed by atoms with Crippen LogP contribution in [0.3, 0.4) is 0 Å². The van der Waals surface area contributed by atoms with Crippen molar-refractivity contribution in [1.82, 2.24) is 0 Å². The van der Waals surface area contributed by atoms with Gasteiger partial charge in [0.2, 0.25) is 0 Å². The first kappa shape index (κ1) is 21.8. The molecule has 0 aliphatic heterocycles. The smallest absolute Gasteiger partial charge is 0.0966 e. The van der Waals surface area contributed by atoms with Crippen molar-refractivity contribution in [2.75, 3.05) is 0 Å². The van der Waals surface area contributed by atoms with Crippen molar-refractivity contribution in [2.45, 2.75) is 13.3 Å². The third-order valence-electron chi connectivity index (χ3n) is 5.10. The van der Waals surface area contributed by atoms with E-state index in [4.69, 9.17) is 7.85 Å². The lowest BCUT2D eigenvalue weighted by molar-refractivity contribution is 1.13. The molecule has 0 amide bonds. The molecule has 0 spiro atoms. The molecular formula is C32H21B. The highest BCUT2D eigenvalue weighted by molar-refractivity contribution is 6.32. The molecule has 0 heterocycles. The zero-order valence-corrected chi connectivity index (χ0v) is 18.5. The predicted octanol–water partition coefficient (Wildman–Crippen LogP) is 5.24. The summed E-state index contributed by atoms with van der Waals surface area (Å²) in [5.41, 5.74) is 7.84. The van der Waals surface area contributed by atoms with E-state index in [-0.39, 0.29) is 0 Å². The van der Waals surface area contributed by atoms with Crippen LogP contribution < -0.4 is 5.46 Å². The second kappa shape index (κ2) is 10.8. The van der Waals surface area contributed by atoms with Crippen LogP contribution in [-0.2, 0) is 6.42 Å². The number of rotatable bonds is 1. The van der Waals surface area contributed by atoms with Gasteiger partial charge in [0.05, 0.1) is 0 Å². The second-order valence-corrected chi connectivity index (χ2v) is 7.54. The van der Waals surface area contributed by atoms with Crippen LogP contribution in [-0.4, -0.2) is 7.85 Å². The molecule has 4 aromatic rings. The number of aryl methyl sites for hydroxylation is 1. The fourth-order valence-corrected chi connectivity index (χ4v) is 3.24. The molecule has 1 heteroatoms. The van der Waals surface area contributed by atoms with Gasteiger partial charge in [-0.1, -0.05) is 78.2 Å². The van der Waals surface area contributed by atoms with Gasteiger partial charge in [-0.15, -0.1) is 0 Å². The van der Waals surface area contributed by atoms with E-state index in [0.29, 0.717) is 0 Å². The van der Waals surface area contributed by atoms with E-state index in [1.54, 1.807) is 0 Å². The Hall–Kier alpha value is -4.38. The van der Waals surface area contributed by atoms with Crippen molar-refractivity contribution < 1.29 is 0 Å². The van der Waals surface area contributed by atoms with Crippen LogP contribution in [0.5, 0.6) is 0 Å². The summed E-state index contributed by atoms with van der Waals surface area (Å²) in [6.45, 7) is 2.14. The van der Waals surface area contributed by atoms with E-state index in [1.807, 2.05) is 84.9 Å². The van der Waals surface area contributed by atoms with Crippen LogP contribution in [0, 0.1) is 35.5 Å². The molecule has 0 aromatic heterocycles. The first-order valence-corrected chi connectivity index (χ1v) is 10.9. The SMILES string of the molecule is [B]c1ccc(C#Cc2ccc(C#Cc3ccc(C#Cc4ccccc4)cc3)cc2CC)cc1. The van der Waals surface area contributed by atoms with Crippen LogP contribution >= 0.6 is 0 Å². The molecule has 0 aliphatic carbocycles. The van der Waals surface area contributed by atoms with Gasteiger partial charge < -0.3 is 0 Å². The molecule has 0 atom stereocenters. The molecule has 33 heavy (non-hydrogen) atoms. The van der Waals surface area contributed by atoms with Gasteiger partial charge in [0.15, 0.2) is 0 Å². The molecule has 0 N–H and O–H groups in total. The lowest BCUT2D eigenvalue weighted by Gasteiger charge is -2.02. The highest BCUT2D eigenvalue weighted by Crippen LogP contribution is 2.12. The average Bonchev–Trinajstić information content (AvgIpc) is 2.87. The lowest BCUT2D eigenvalue weighted by Crippen LogP contribution is -1.99. The van der Waals surface area contributed by atoms with Crippen molar-refractivity contribution in [2.24, 2.45) is 0 Å². The van der Waals surface area contributed by atoms with Crippen molar-refractivity contribution in [3.8, 4) is 35.5 Å². The molecular weight excluding hydrogens is 395 g/mol. The average molecular weight is 416 g/mol. The summed E-state index contributed by atoms with van der Waals surface area (Å²) in [5.74, 6) is 19.4. The quantitative estimate of drug-likeness (QED) is 0.294. The molecule has 2 radical (unpaired) electrons. The lowest BCUT2D eigenvalue weighted by atomic mass is 9.95. The zero-order chi connectivity index (χ0) is 22.9. The van der Waals surface area contributed by atoms with Gasteiger partial charge in [-0.3, -0.25) is 0 Å². The maximum atomic E-state index is 5.74. The Bertz CT molecular complexity index is 1420. The Labute approximate surface area is 198 Å². The molecule has 0 unspecified atom stereocenters. The second-order valence-electron chi connectivity index (χ2n) is 7.54. The molecule has 0 aliphatic rings. The Morgan fingerprint density at radius 1 is 0.515 bits per heavy atom. The van der Waals surface area contributed by atoms with Crippen molar-refractivity contribution >= 4 is 13.3 Å². The minimum Gasteiger partial charge on any atom is -0.0966 e. The third kappa shape index (κ3) is 6.31. The van der Waals surface area contributed by atoms with E-state index in [9.17, 15) is 0 Å². The van der Waals surface area contributed by atoms with E-state index < -0.39 is 0 Å². The summed E-state index contributed by atoms with van der Waals surface area (Å²) in [7, 11) is 5.74. The van der Waals surface area contributed by atoms with E-state index in [1.165, 1.54) is 5.56 Å². The van der Waals surface area contributed by atoms with Crippen LogP contribution in [0.4, 0.5) is 0 Å². The van der Waals surface area contributed by atoms with Crippen LogP contribution in [0.1, 0.15) is 45.9 Å². The fraction of sp³-hybridized carbons (Fsp3) is 0.0625.